The van der Waals surface area contributed by atoms with Gasteiger partial charge in [-0.05, 0) is 24.9 Å². The maximum atomic E-state index is 12.1. The van der Waals surface area contributed by atoms with E-state index in [0.717, 1.165) is 31.6 Å². The molecule has 1 aliphatic heterocycles. The summed E-state index contributed by atoms with van der Waals surface area (Å²) in [6, 6.07) is 9.50. The van der Waals surface area contributed by atoms with E-state index in [1.165, 1.54) is 0 Å². The third-order valence-electron chi connectivity index (χ3n) is 3.44. The zero-order chi connectivity index (χ0) is 13.5. The summed E-state index contributed by atoms with van der Waals surface area (Å²) >= 11 is 0. The molecule has 4 N–H and O–H groups in total. The van der Waals surface area contributed by atoms with Crippen LogP contribution in [-0.4, -0.2) is 32.6 Å². The summed E-state index contributed by atoms with van der Waals surface area (Å²) in [6.07, 6.45) is 0.997. The summed E-state index contributed by atoms with van der Waals surface area (Å²) in [6.45, 7) is 2.67. The predicted molar refractivity (Wildman–Crippen MR) is 75.4 cm³/mol. The minimum Gasteiger partial charge on any atom is -0.354 e. The molecule has 1 saturated heterocycles. The maximum absolute atomic E-state index is 12.1. The summed E-state index contributed by atoms with van der Waals surface area (Å²) in [4.78, 5) is 12.1. The van der Waals surface area contributed by atoms with Crippen molar-refractivity contribution in [3.05, 3.63) is 35.9 Å². The van der Waals surface area contributed by atoms with Gasteiger partial charge in [-0.15, -0.1) is 0 Å². The third kappa shape index (κ3) is 4.02. The van der Waals surface area contributed by atoms with Gasteiger partial charge in [0, 0.05) is 19.6 Å². The van der Waals surface area contributed by atoms with Crippen molar-refractivity contribution in [1.82, 2.24) is 21.5 Å². The van der Waals surface area contributed by atoms with Crippen LogP contribution in [0.25, 0.3) is 0 Å². The molecule has 0 bridgehead atoms. The highest BCUT2D eigenvalue weighted by molar-refractivity contribution is 5.83. The van der Waals surface area contributed by atoms with Gasteiger partial charge >= 0.3 is 0 Å². The maximum Gasteiger partial charge on any atom is 0.241 e. The molecule has 0 radical (unpaired) electrons. The lowest BCUT2D eigenvalue weighted by atomic mass is 10.1. The summed E-state index contributed by atoms with van der Waals surface area (Å²) in [5, 5.41) is 6.06. The molecule has 1 aliphatic rings. The molecule has 5 nitrogen and oxygen atoms in total. The Morgan fingerprint density at radius 3 is 2.63 bits per heavy atom. The van der Waals surface area contributed by atoms with Crippen LogP contribution in [0, 0.1) is 5.92 Å². The number of hydrazine groups is 1. The summed E-state index contributed by atoms with van der Waals surface area (Å²) in [7, 11) is 1.81. The van der Waals surface area contributed by atoms with Crippen molar-refractivity contribution < 1.29 is 4.79 Å². The Balaban J connectivity index is 1.80. The molecule has 1 amide bonds. The number of amides is 1. The van der Waals surface area contributed by atoms with Crippen molar-refractivity contribution in [1.29, 1.82) is 0 Å². The van der Waals surface area contributed by atoms with Crippen LogP contribution >= 0.6 is 0 Å². The zero-order valence-electron chi connectivity index (χ0n) is 11.3. The van der Waals surface area contributed by atoms with Crippen LogP contribution in [0.15, 0.2) is 30.3 Å². The first kappa shape index (κ1) is 14.0. The topological polar surface area (TPSA) is 65.2 Å². The smallest absolute Gasteiger partial charge is 0.241 e. The van der Waals surface area contributed by atoms with Crippen molar-refractivity contribution in [2.45, 2.75) is 12.5 Å². The fraction of sp³-hybridized carbons (Fsp3) is 0.500. The van der Waals surface area contributed by atoms with Crippen LogP contribution in [0.4, 0.5) is 0 Å². The first-order chi connectivity index (χ1) is 9.31. The van der Waals surface area contributed by atoms with E-state index in [0.29, 0.717) is 5.92 Å². The highest BCUT2D eigenvalue weighted by Crippen LogP contribution is 2.12. The molecule has 19 heavy (non-hydrogen) atoms. The van der Waals surface area contributed by atoms with Crippen molar-refractivity contribution >= 4 is 5.91 Å². The second-order valence-electron chi connectivity index (χ2n) is 4.84. The first-order valence-corrected chi connectivity index (χ1v) is 6.77. The monoisotopic (exact) mass is 262 g/mol. The number of rotatable bonds is 6. The van der Waals surface area contributed by atoms with Crippen molar-refractivity contribution in [2.75, 3.05) is 26.7 Å². The molecular weight excluding hydrogens is 240 g/mol. The van der Waals surface area contributed by atoms with Crippen LogP contribution in [-0.2, 0) is 4.79 Å². The normalized spacial score (nSPS) is 17.3. The molecule has 2 rings (SSSR count). The van der Waals surface area contributed by atoms with Gasteiger partial charge in [-0.3, -0.25) is 15.6 Å². The lowest BCUT2D eigenvalue weighted by molar-refractivity contribution is -0.123. The highest BCUT2D eigenvalue weighted by Gasteiger charge is 2.19. The number of hydrogen-bond donors (Lipinski definition) is 4. The summed E-state index contributed by atoms with van der Waals surface area (Å²) < 4.78 is 0. The number of nitrogens with one attached hydrogen (secondary N) is 4. The van der Waals surface area contributed by atoms with E-state index >= 15 is 0 Å². The Kier molecular flexibility index (Phi) is 5.32. The Morgan fingerprint density at radius 2 is 2.00 bits per heavy atom. The van der Waals surface area contributed by atoms with Gasteiger partial charge in [0.05, 0.1) is 0 Å². The first-order valence-electron chi connectivity index (χ1n) is 6.77. The number of carbonyl (C=O) groups is 1. The van der Waals surface area contributed by atoms with E-state index < -0.39 is 0 Å². The Hall–Kier alpha value is -1.43. The quantitative estimate of drug-likeness (QED) is 0.590. The molecule has 5 heteroatoms. The molecule has 0 aromatic heterocycles. The largest absolute Gasteiger partial charge is 0.354 e. The fourth-order valence-electron chi connectivity index (χ4n) is 2.31. The number of benzene rings is 1. The van der Waals surface area contributed by atoms with Crippen LogP contribution in [0.3, 0.4) is 0 Å². The molecule has 0 aliphatic carbocycles. The Bertz CT molecular complexity index is 390. The van der Waals surface area contributed by atoms with Crippen LogP contribution in [0.5, 0.6) is 0 Å². The van der Waals surface area contributed by atoms with Crippen LogP contribution < -0.4 is 21.5 Å². The number of hydrogen-bond acceptors (Lipinski definition) is 4. The molecule has 1 atom stereocenters. The van der Waals surface area contributed by atoms with Crippen LogP contribution in [0.1, 0.15) is 18.0 Å². The second kappa shape index (κ2) is 7.23. The van der Waals surface area contributed by atoms with Crippen molar-refractivity contribution in [3.8, 4) is 0 Å². The van der Waals surface area contributed by atoms with Crippen molar-refractivity contribution in [3.63, 3.8) is 0 Å². The van der Waals surface area contributed by atoms with Gasteiger partial charge < -0.3 is 10.6 Å². The average Bonchev–Trinajstić information content (AvgIpc) is 2.94. The molecule has 0 spiro atoms. The van der Waals surface area contributed by atoms with Gasteiger partial charge in [0.1, 0.15) is 6.04 Å². The number of likely N-dealkylation sites (N-methyl/N-ethyl adjacent to an activating group) is 1. The summed E-state index contributed by atoms with van der Waals surface area (Å²) in [5.41, 5.74) is 7.18. The molecule has 0 saturated carbocycles. The van der Waals surface area contributed by atoms with E-state index in [9.17, 15) is 4.79 Å². The Morgan fingerprint density at radius 1 is 1.32 bits per heavy atom. The van der Waals surface area contributed by atoms with Gasteiger partial charge in [-0.1, -0.05) is 30.3 Å². The highest BCUT2D eigenvalue weighted by atomic mass is 16.2. The molecular formula is C14H22N4O. The molecule has 1 heterocycles. The van der Waals surface area contributed by atoms with Gasteiger partial charge in [0.2, 0.25) is 5.91 Å². The van der Waals surface area contributed by atoms with E-state index in [-0.39, 0.29) is 11.9 Å². The molecule has 104 valence electrons. The molecule has 1 fully saturated rings. The molecule has 1 aromatic rings. The lowest BCUT2D eigenvalue weighted by Gasteiger charge is -2.17. The third-order valence-corrected chi connectivity index (χ3v) is 3.44. The van der Waals surface area contributed by atoms with Gasteiger partial charge in [0.25, 0.3) is 0 Å². The van der Waals surface area contributed by atoms with E-state index in [1.54, 1.807) is 0 Å². The van der Waals surface area contributed by atoms with E-state index in [2.05, 4.69) is 21.5 Å². The van der Waals surface area contributed by atoms with Gasteiger partial charge in [0.15, 0.2) is 0 Å². The minimum absolute atomic E-state index is 0.0348. The molecule has 1 unspecified atom stereocenters. The standard InChI is InChI=1S/C14H22N4O/c1-15-13(12-5-3-2-4-6-12)14(19)16-8-7-11-9-17-18-10-11/h2-6,11,13,15,17-18H,7-10H2,1H3,(H,16,19). The van der Waals surface area contributed by atoms with E-state index in [4.69, 9.17) is 0 Å². The zero-order valence-corrected chi connectivity index (χ0v) is 11.3. The Labute approximate surface area is 114 Å². The molecule has 1 aromatic carbocycles. The van der Waals surface area contributed by atoms with Crippen molar-refractivity contribution in [2.24, 2.45) is 5.92 Å². The average molecular weight is 262 g/mol. The summed E-state index contributed by atoms with van der Waals surface area (Å²) in [5.74, 6) is 0.637. The lowest BCUT2D eigenvalue weighted by Crippen LogP contribution is -2.37. The SMILES string of the molecule is CNC(C(=O)NCCC1CNNC1)c1ccccc1. The minimum atomic E-state index is -0.277. The van der Waals surface area contributed by atoms with Gasteiger partial charge in [-0.25, -0.2) is 0 Å². The van der Waals surface area contributed by atoms with Gasteiger partial charge in [-0.2, -0.15) is 0 Å². The van der Waals surface area contributed by atoms with E-state index in [1.807, 2.05) is 37.4 Å². The second-order valence-corrected chi connectivity index (χ2v) is 4.84. The van der Waals surface area contributed by atoms with Crippen LogP contribution in [0.2, 0.25) is 0 Å². The fourth-order valence-corrected chi connectivity index (χ4v) is 2.31. The predicted octanol–water partition coefficient (Wildman–Crippen LogP) is 0.177. The number of carbonyl (C=O) groups excluding carboxylic acids is 1.